The van der Waals surface area contributed by atoms with Crippen LogP contribution >= 0.6 is 0 Å². The molecular weight excluding hydrogens is 190 g/mol. The molecule has 1 aliphatic heterocycles. The molecule has 0 aromatic heterocycles. The number of rotatable bonds is 1. The van der Waals surface area contributed by atoms with Crippen molar-refractivity contribution in [2.75, 3.05) is 0 Å². The van der Waals surface area contributed by atoms with E-state index in [2.05, 4.69) is 5.18 Å². The van der Waals surface area contributed by atoms with Gasteiger partial charge in [0.25, 0.3) is 0 Å². The predicted molar refractivity (Wildman–Crippen MR) is 59.0 cm³/mol. The average molecular weight is 205 g/mol. The van der Waals surface area contributed by atoms with Crippen LogP contribution in [-0.4, -0.2) is 5.60 Å². The molecule has 1 aromatic rings. The molecule has 0 saturated carbocycles. The minimum Gasteiger partial charge on any atom is -0.487 e. The van der Waals surface area contributed by atoms with Crippen LogP contribution in [0.4, 0.5) is 0 Å². The summed E-state index contributed by atoms with van der Waals surface area (Å²) in [7, 11) is 0. The van der Waals surface area contributed by atoms with Gasteiger partial charge in [0.15, 0.2) is 0 Å². The third-order valence-electron chi connectivity index (χ3n) is 2.72. The second-order valence-corrected chi connectivity index (χ2v) is 4.73. The third-order valence-corrected chi connectivity index (χ3v) is 2.72. The molecule has 1 atom stereocenters. The van der Waals surface area contributed by atoms with Crippen molar-refractivity contribution in [1.29, 1.82) is 0 Å². The Morgan fingerprint density at radius 3 is 2.87 bits per heavy atom. The van der Waals surface area contributed by atoms with Crippen LogP contribution in [0.3, 0.4) is 0 Å². The van der Waals surface area contributed by atoms with Gasteiger partial charge in [-0.2, -0.15) is 4.91 Å². The van der Waals surface area contributed by atoms with E-state index in [1.54, 1.807) is 0 Å². The van der Waals surface area contributed by atoms with E-state index < -0.39 is 0 Å². The SMILES string of the molecule is Cc1ccc2c(c1)C(N=O)CC(C)(C)O2. The summed E-state index contributed by atoms with van der Waals surface area (Å²) in [6, 6.07) is 5.62. The van der Waals surface area contributed by atoms with Crippen LogP contribution in [0.15, 0.2) is 23.4 Å². The van der Waals surface area contributed by atoms with Crippen LogP contribution in [0, 0.1) is 11.8 Å². The highest BCUT2D eigenvalue weighted by Crippen LogP contribution is 2.41. The zero-order chi connectivity index (χ0) is 11.1. The minimum absolute atomic E-state index is 0.274. The second kappa shape index (κ2) is 3.33. The normalized spacial score (nSPS) is 22.7. The molecule has 0 spiro atoms. The monoisotopic (exact) mass is 205 g/mol. The number of hydrogen-bond acceptors (Lipinski definition) is 3. The van der Waals surface area contributed by atoms with Gasteiger partial charge in [-0.3, -0.25) is 0 Å². The molecular formula is C12H15NO2. The maximum Gasteiger partial charge on any atom is 0.125 e. The maximum absolute atomic E-state index is 10.8. The topological polar surface area (TPSA) is 38.7 Å². The molecule has 2 rings (SSSR count). The van der Waals surface area contributed by atoms with Crippen molar-refractivity contribution in [2.45, 2.75) is 38.8 Å². The first-order valence-corrected chi connectivity index (χ1v) is 5.14. The van der Waals surface area contributed by atoms with E-state index in [-0.39, 0.29) is 11.6 Å². The molecule has 80 valence electrons. The zero-order valence-electron chi connectivity index (χ0n) is 9.28. The highest BCUT2D eigenvalue weighted by Gasteiger charge is 2.34. The quantitative estimate of drug-likeness (QED) is 0.659. The van der Waals surface area contributed by atoms with Crippen molar-refractivity contribution in [3.05, 3.63) is 34.2 Å². The fourth-order valence-corrected chi connectivity index (χ4v) is 2.03. The van der Waals surface area contributed by atoms with Gasteiger partial charge >= 0.3 is 0 Å². The van der Waals surface area contributed by atoms with Gasteiger partial charge < -0.3 is 4.74 Å². The van der Waals surface area contributed by atoms with Crippen molar-refractivity contribution in [3.8, 4) is 5.75 Å². The Hall–Kier alpha value is -1.38. The smallest absolute Gasteiger partial charge is 0.125 e. The number of hydrogen-bond donors (Lipinski definition) is 0. The first kappa shape index (κ1) is 10.1. The lowest BCUT2D eigenvalue weighted by molar-refractivity contribution is 0.0729. The minimum atomic E-state index is -0.305. The van der Waals surface area contributed by atoms with Gasteiger partial charge in [0.2, 0.25) is 0 Å². The lowest BCUT2D eigenvalue weighted by Gasteiger charge is -2.34. The second-order valence-electron chi connectivity index (χ2n) is 4.73. The van der Waals surface area contributed by atoms with E-state index in [0.29, 0.717) is 6.42 Å². The van der Waals surface area contributed by atoms with Gasteiger partial charge in [0, 0.05) is 12.0 Å². The van der Waals surface area contributed by atoms with Gasteiger partial charge in [-0.15, -0.1) is 0 Å². The summed E-state index contributed by atoms with van der Waals surface area (Å²) in [4.78, 5) is 10.8. The molecule has 0 amide bonds. The Morgan fingerprint density at radius 1 is 1.47 bits per heavy atom. The van der Waals surface area contributed by atoms with E-state index in [0.717, 1.165) is 16.9 Å². The standard InChI is InChI=1S/C12H15NO2/c1-8-4-5-11-9(6-8)10(13-14)7-12(2,3)15-11/h4-6,10H,7H2,1-3H3. The lowest BCUT2D eigenvalue weighted by atomic mass is 9.89. The van der Waals surface area contributed by atoms with Crippen molar-refractivity contribution < 1.29 is 4.74 Å². The van der Waals surface area contributed by atoms with Gasteiger partial charge in [0.1, 0.15) is 17.4 Å². The molecule has 1 unspecified atom stereocenters. The van der Waals surface area contributed by atoms with E-state index in [1.807, 2.05) is 39.0 Å². The van der Waals surface area contributed by atoms with E-state index in [9.17, 15) is 4.91 Å². The Labute approximate surface area is 89.4 Å². The summed E-state index contributed by atoms with van der Waals surface area (Å²) in [6.07, 6.45) is 0.646. The van der Waals surface area contributed by atoms with E-state index in [4.69, 9.17) is 4.74 Å². The molecule has 0 bridgehead atoms. The van der Waals surface area contributed by atoms with Crippen LogP contribution in [0.25, 0.3) is 0 Å². The molecule has 3 heteroatoms. The number of ether oxygens (including phenoxy) is 1. The molecule has 0 N–H and O–H groups in total. The molecule has 0 radical (unpaired) electrons. The van der Waals surface area contributed by atoms with Crippen LogP contribution in [-0.2, 0) is 0 Å². The first-order chi connectivity index (χ1) is 7.02. The van der Waals surface area contributed by atoms with Crippen LogP contribution in [0.5, 0.6) is 5.75 Å². The molecule has 0 aliphatic carbocycles. The number of fused-ring (bicyclic) bond motifs is 1. The van der Waals surface area contributed by atoms with Crippen LogP contribution < -0.4 is 4.74 Å². The zero-order valence-corrected chi connectivity index (χ0v) is 9.28. The Balaban J connectivity index is 2.49. The molecule has 0 saturated heterocycles. The summed E-state index contributed by atoms with van der Waals surface area (Å²) in [6.45, 7) is 5.96. The Bertz CT molecular complexity index is 399. The van der Waals surface area contributed by atoms with Crippen LogP contribution in [0.2, 0.25) is 0 Å². The van der Waals surface area contributed by atoms with Gasteiger partial charge in [-0.25, -0.2) is 0 Å². The highest BCUT2D eigenvalue weighted by molar-refractivity contribution is 5.41. The molecule has 3 nitrogen and oxygen atoms in total. The average Bonchev–Trinajstić information content (AvgIpc) is 2.16. The fraction of sp³-hybridized carbons (Fsp3) is 0.500. The van der Waals surface area contributed by atoms with E-state index in [1.165, 1.54) is 0 Å². The number of benzene rings is 1. The molecule has 15 heavy (non-hydrogen) atoms. The van der Waals surface area contributed by atoms with E-state index >= 15 is 0 Å². The Morgan fingerprint density at radius 2 is 2.20 bits per heavy atom. The largest absolute Gasteiger partial charge is 0.487 e. The molecule has 1 aromatic carbocycles. The fourth-order valence-electron chi connectivity index (χ4n) is 2.03. The summed E-state index contributed by atoms with van der Waals surface area (Å²) in [5, 5.41) is 3.20. The van der Waals surface area contributed by atoms with Crippen LogP contribution in [0.1, 0.15) is 37.4 Å². The van der Waals surface area contributed by atoms with Crippen molar-refractivity contribution in [1.82, 2.24) is 0 Å². The molecule has 0 fully saturated rings. The summed E-state index contributed by atoms with van der Waals surface area (Å²) >= 11 is 0. The predicted octanol–water partition coefficient (Wildman–Crippen LogP) is 3.36. The first-order valence-electron chi connectivity index (χ1n) is 5.14. The summed E-state index contributed by atoms with van der Waals surface area (Å²) in [5.41, 5.74) is 1.75. The maximum atomic E-state index is 10.8. The summed E-state index contributed by atoms with van der Waals surface area (Å²) < 4.78 is 5.81. The number of aryl methyl sites for hydroxylation is 1. The van der Waals surface area contributed by atoms with Crippen molar-refractivity contribution in [3.63, 3.8) is 0 Å². The van der Waals surface area contributed by atoms with Gasteiger partial charge in [0.05, 0.1) is 0 Å². The third kappa shape index (κ3) is 1.87. The molecule has 1 aliphatic rings. The highest BCUT2D eigenvalue weighted by atomic mass is 16.5. The van der Waals surface area contributed by atoms with Gasteiger partial charge in [-0.1, -0.05) is 22.9 Å². The number of nitrogens with zero attached hydrogens (tertiary/aromatic N) is 1. The Kier molecular flexibility index (Phi) is 2.25. The van der Waals surface area contributed by atoms with Crippen molar-refractivity contribution in [2.24, 2.45) is 5.18 Å². The number of nitroso groups, excluding NO2 is 1. The van der Waals surface area contributed by atoms with Gasteiger partial charge in [-0.05, 0) is 26.8 Å². The summed E-state index contributed by atoms with van der Waals surface area (Å²) in [5.74, 6) is 0.793. The lowest BCUT2D eigenvalue weighted by Crippen LogP contribution is -2.34. The molecule has 1 heterocycles. The van der Waals surface area contributed by atoms with Crippen molar-refractivity contribution >= 4 is 0 Å².